The Balaban J connectivity index is 0.000000178. The molecule has 1 amide bonds. The first-order chi connectivity index (χ1) is 22.5. The van der Waals surface area contributed by atoms with Gasteiger partial charge in [0, 0.05) is 59.8 Å². The summed E-state index contributed by atoms with van der Waals surface area (Å²) in [6.07, 6.45) is 6.65. The van der Waals surface area contributed by atoms with Crippen molar-refractivity contribution in [1.29, 1.82) is 0 Å². The van der Waals surface area contributed by atoms with Gasteiger partial charge in [-0.15, -0.1) is 5.10 Å². The van der Waals surface area contributed by atoms with Crippen molar-refractivity contribution in [3.8, 4) is 45.0 Å². The first-order valence-electron chi connectivity index (χ1n) is 14.0. The van der Waals surface area contributed by atoms with Crippen LogP contribution in [0.15, 0.2) is 128 Å². The fourth-order valence-electron chi connectivity index (χ4n) is 4.64. The van der Waals surface area contributed by atoms with E-state index in [1.54, 1.807) is 68.2 Å². The molecule has 1 N–H and O–H groups in total. The van der Waals surface area contributed by atoms with E-state index >= 15 is 0 Å². The minimum Gasteiger partial charge on any atom is -0.296 e. The molecule has 0 unspecified atom stereocenters. The fourth-order valence-corrected chi connectivity index (χ4v) is 4.64. The van der Waals surface area contributed by atoms with Gasteiger partial charge in [0.15, 0.2) is 0 Å². The van der Waals surface area contributed by atoms with Crippen LogP contribution in [0.4, 0.5) is 19.3 Å². The number of aromatic nitrogens is 8. The number of aromatic amines is 1. The summed E-state index contributed by atoms with van der Waals surface area (Å²) in [6.45, 7) is 0. The number of rotatable bonds is 5. The molecule has 3 aromatic carbocycles. The second kappa shape index (κ2) is 13.5. The number of hydrogen-bond acceptors (Lipinski definition) is 7. The molecular weight excluding hydrogens is 588 g/mol. The zero-order valence-electron chi connectivity index (χ0n) is 24.4. The predicted octanol–water partition coefficient (Wildman–Crippen LogP) is 6.92. The highest BCUT2D eigenvalue weighted by molar-refractivity contribution is 5.96. The molecule has 0 atom stereocenters. The van der Waals surface area contributed by atoms with Gasteiger partial charge < -0.3 is 0 Å². The summed E-state index contributed by atoms with van der Waals surface area (Å²) in [5.74, 6) is -0.616. The van der Waals surface area contributed by atoms with Crippen molar-refractivity contribution >= 4 is 11.7 Å². The normalized spacial score (nSPS) is 10.6. The van der Waals surface area contributed by atoms with Crippen LogP contribution in [-0.4, -0.2) is 53.5 Å². The number of hydrogen-bond donors (Lipinski definition) is 1. The van der Waals surface area contributed by atoms with Crippen molar-refractivity contribution < 1.29 is 13.6 Å². The molecule has 0 saturated heterocycles. The standard InChI is InChI=1S/C21H16FN5O.C13H9FN4/c1-26(18-5-3-2-4-6-18)21(28)27-20(16-11-13-23-14-12-16)19(24-25-27)15-7-9-17(22)10-8-15;14-11-3-1-9(2-4-11)12-13(17-18-16-12)10-5-7-15-8-6-10/h2-14H,1H3;1-8H,(H,16,17,18). The van der Waals surface area contributed by atoms with Crippen LogP contribution in [0.1, 0.15) is 0 Å². The van der Waals surface area contributed by atoms with Crippen molar-refractivity contribution in [2.24, 2.45) is 0 Å². The van der Waals surface area contributed by atoms with Crippen LogP contribution < -0.4 is 4.90 Å². The van der Waals surface area contributed by atoms with Crippen molar-refractivity contribution in [2.75, 3.05) is 11.9 Å². The van der Waals surface area contributed by atoms with Gasteiger partial charge in [-0.1, -0.05) is 23.4 Å². The fraction of sp³-hybridized carbons (Fsp3) is 0.0294. The van der Waals surface area contributed by atoms with Gasteiger partial charge in [-0.3, -0.25) is 14.9 Å². The van der Waals surface area contributed by atoms with Crippen LogP contribution in [0.5, 0.6) is 0 Å². The van der Waals surface area contributed by atoms with E-state index in [0.717, 1.165) is 28.1 Å². The average Bonchev–Trinajstić information content (AvgIpc) is 3.78. The summed E-state index contributed by atoms with van der Waals surface area (Å²) in [5, 5.41) is 19.1. The maximum absolute atomic E-state index is 13.3. The molecule has 0 aliphatic heterocycles. The molecule has 0 radical (unpaired) electrons. The summed E-state index contributed by atoms with van der Waals surface area (Å²) >= 11 is 0. The Morgan fingerprint density at radius 2 is 1.11 bits per heavy atom. The molecule has 4 aromatic heterocycles. The lowest BCUT2D eigenvalue weighted by atomic mass is 10.1. The number of anilines is 1. The number of nitrogens with zero attached hydrogens (tertiary/aromatic N) is 8. The third kappa shape index (κ3) is 6.40. The van der Waals surface area contributed by atoms with Crippen LogP contribution in [0, 0.1) is 11.6 Å². The second-order valence-electron chi connectivity index (χ2n) is 9.88. The molecule has 0 fully saturated rings. The molecule has 0 aliphatic carbocycles. The molecular formula is C34H25F2N9O. The minimum atomic E-state index is -0.362. The zero-order valence-corrected chi connectivity index (χ0v) is 24.4. The van der Waals surface area contributed by atoms with Gasteiger partial charge in [0.25, 0.3) is 0 Å². The topological polar surface area (TPSA) is 118 Å². The van der Waals surface area contributed by atoms with Crippen LogP contribution in [0.25, 0.3) is 45.0 Å². The molecule has 7 aromatic rings. The van der Waals surface area contributed by atoms with E-state index in [2.05, 4.69) is 35.7 Å². The van der Waals surface area contributed by atoms with E-state index in [9.17, 15) is 13.6 Å². The smallest absolute Gasteiger partial charge is 0.296 e. The highest BCUT2D eigenvalue weighted by atomic mass is 19.1. The number of nitrogens with one attached hydrogen (secondary N) is 1. The van der Waals surface area contributed by atoms with Gasteiger partial charge in [0.05, 0.1) is 0 Å². The highest BCUT2D eigenvalue weighted by Gasteiger charge is 2.24. The molecule has 12 heteroatoms. The van der Waals surface area contributed by atoms with E-state index in [1.165, 1.54) is 33.8 Å². The summed E-state index contributed by atoms with van der Waals surface area (Å²) in [6, 6.07) is 28.2. The molecule has 0 aliphatic rings. The van der Waals surface area contributed by atoms with Crippen molar-refractivity contribution in [3.63, 3.8) is 0 Å². The molecule has 10 nitrogen and oxygen atoms in total. The largest absolute Gasteiger partial charge is 0.350 e. The molecule has 0 bridgehead atoms. The van der Waals surface area contributed by atoms with Crippen LogP contribution in [0.3, 0.4) is 0 Å². The summed E-state index contributed by atoms with van der Waals surface area (Å²) in [5.41, 5.74) is 6.28. The molecule has 4 heterocycles. The first-order valence-corrected chi connectivity index (χ1v) is 14.0. The van der Waals surface area contributed by atoms with E-state index in [4.69, 9.17) is 0 Å². The number of pyridine rings is 2. The van der Waals surface area contributed by atoms with Crippen molar-refractivity contribution in [3.05, 3.63) is 140 Å². The number of amides is 1. The zero-order chi connectivity index (χ0) is 31.9. The third-order valence-corrected chi connectivity index (χ3v) is 6.97. The van der Waals surface area contributed by atoms with Gasteiger partial charge in [0.2, 0.25) is 0 Å². The molecule has 7 rings (SSSR count). The predicted molar refractivity (Wildman–Crippen MR) is 169 cm³/mol. The number of carbonyl (C=O) groups is 1. The summed E-state index contributed by atoms with van der Waals surface area (Å²) < 4.78 is 27.5. The Kier molecular flexibility index (Phi) is 8.68. The lowest BCUT2D eigenvalue weighted by Crippen LogP contribution is -2.32. The number of para-hydroxylation sites is 1. The Morgan fingerprint density at radius 1 is 0.630 bits per heavy atom. The minimum absolute atomic E-state index is 0.271. The summed E-state index contributed by atoms with van der Waals surface area (Å²) in [7, 11) is 1.67. The van der Waals surface area contributed by atoms with Crippen molar-refractivity contribution in [1.82, 2.24) is 40.4 Å². The number of halogens is 2. The monoisotopic (exact) mass is 613 g/mol. The SMILES string of the molecule is CN(C(=O)n1nnc(-c2ccc(F)cc2)c1-c1ccncc1)c1ccccc1.Fc1ccc(-c2n[nH]nc2-c2ccncc2)cc1. The molecule has 46 heavy (non-hydrogen) atoms. The number of benzene rings is 3. The lowest BCUT2D eigenvalue weighted by molar-refractivity contribution is 0.246. The van der Waals surface area contributed by atoms with Gasteiger partial charge in [-0.2, -0.15) is 20.1 Å². The number of H-pyrrole nitrogens is 1. The third-order valence-electron chi connectivity index (χ3n) is 6.97. The average molecular weight is 614 g/mol. The molecule has 226 valence electrons. The van der Waals surface area contributed by atoms with E-state index in [-0.39, 0.29) is 17.7 Å². The van der Waals surface area contributed by atoms with Gasteiger partial charge in [-0.25, -0.2) is 13.6 Å². The van der Waals surface area contributed by atoms with Crippen molar-refractivity contribution in [2.45, 2.75) is 0 Å². The van der Waals surface area contributed by atoms with E-state index in [0.29, 0.717) is 22.6 Å². The van der Waals surface area contributed by atoms with Crippen LogP contribution >= 0.6 is 0 Å². The summed E-state index contributed by atoms with van der Waals surface area (Å²) in [4.78, 5) is 22.6. The van der Waals surface area contributed by atoms with E-state index < -0.39 is 0 Å². The second-order valence-corrected chi connectivity index (χ2v) is 9.88. The van der Waals surface area contributed by atoms with Gasteiger partial charge in [-0.05, 0) is 84.9 Å². The number of carbonyl (C=O) groups excluding carboxylic acids is 1. The first kappa shape index (κ1) is 29.6. The van der Waals surface area contributed by atoms with E-state index in [1.807, 2.05) is 42.5 Å². The Bertz CT molecular complexity index is 2030. The quantitative estimate of drug-likeness (QED) is 0.224. The maximum atomic E-state index is 13.3. The van der Waals surface area contributed by atoms with Gasteiger partial charge >= 0.3 is 6.03 Å². The lowest BCUT2D eigenvalue weighted by Gasteiger charge is -2.18. The Labute approximate surface area is 262 Å². The van der Waals surface area contributed by atoms with Crippen LogP contribution in [0.2, 0.25) is 0 Å². The van der Waals surface area contributed by atoms with Crippen LogP contribution in [-0.2, 0) is 0 Å². The Hall–Kier alpha value is -6.43. The maximum Gasteiger partial charge on any atom is 0.350 e. The Morgan fingerprint density at radius 3 is 1.65 bits per heavy atom. The molecule has 0 spiro atoms. The van der Waals surface area contributed by atoms with Gasteiger partial charge in [0.1, 0.15) is 34.4 Å². The highest BCUT2D eigenvalue weighted by Crippen LogP contribution is 2.31. The molecule has 0 saturated carbocycles.